The number of ketones is 1. The number of hydrogen-bond donors (Lipinski definition) is 1. The first-order valence-corrected chi connectivity index (χ1v) is 10.1. The molecule has 1 aliphatic heterocycles. The maximum Gasteiger partial charge on any atom is 0.156 e. The Hall–Kier alpha value is -1.37. The number of allylic oxidation sites excluding steroid dienone is 1. The summed E-state index contributed by atoms with van der Waals surface area (Å²) in [5.41, 5.74) is 2.76. The topological polar surface area (TPSA) is 46.5 Å². The van der Waals surface area contributed by atoms with E-state index in [2.05, 4.69) is 32.6 Å². The van der Waals surface area contributed by atoms with E-state index in [9.17, 15) is 9.90 Å². The molecule has 26 heavy (non-hydrogen) atoms. The standard InChI is InChI=1S/C23H30O3/c1-5-9-23(25)10-8-19-21-20(18(14(2)3)12-22(19,23)4)17-7-6-16(24)11-15(17)13-26-21/h11,14,18-19,21,25H,6-8,10,12-13H2,1-4H3/t18?,19-,21-,22-,23-/m0/s1. The predicted octanol–water partition coefficient (Wildman–Crippen LogP) is 3.82. The Morgan fingerprint density at radius 3 is 2.81 bits per heavy atom. The summed E-state index contributed by atoms with van der Waals surface area (Å²) in [4.78, 5) is 11.9. The third-order valence-corrected chi connectivity index (χ3v) is 7.54. The number of carbonyl (C=O) groups is 1. The molecule has 0 radical (unpaired) electrons. The maximum absolute atomic E-state index is 11.9. The molecule has 0 aromatic carbocycles. The van der Waals surface area contributed by atoms with Crippen molar-refractivity contribution >= 4 is 5.78 Å². The van der Waals surface area contributed by atoms with Crippen LogP contribution in [-0.4, -0.2) is 29.2 Å². The van der Waals surface area contributed by atoms with Crippen LogP contribution in [0.3, 0.4) is 0 Å². The minimum absolute atomic E-state index is 0.0641. The molecule has 0 saturated heterocycles. The molecule has 1 heterocycles. The molecule has 5 atom stereocenters. The van der Waals surface area contributed by atoms with Crippen molar-refractivity contribution in [2.75, 3.05) is 6.61 Å². The van der Waals surface area contributed by atoms with Crippen molar-refractivity contribution in [2.45, 2.75) is 71.5 Å². The molecule has 1 N–H and O–H groups in total. The average Bonchev–Trinajstić information content (AvgIpc) is 2.85. The van der Waals surface area contributed by atoms with Gasteiger partial charge in [0.2, 0.25) is 0 Å². The van der Waals surface area contributed by atoms with Crippen molar-refractivity contribution in [1.29, 1.82) is 0 Å². The molecule has 4 aliphatic rings. The lowest BCUT2D eigenvalue weighted by Crippen LogP contribution is -2.55. The first kappa shape index (κ1) is 18.0. The average molecular weight is 354 g/mol. The number of rotatable bonds is 1. The van der Waals surface area contributed by atoms with Gasteiger partial charge < -0.3 is 9.84 Å². The van der Waals surface area contributed by atoms with E-state index in [1.165, 1.54) is 11.1 Å². The predicted molar refractivity (Wildman–Crippen MR) is 101 cm³/mol. The van der Waals surface area contributed by atoms with E-state index in [0.717, 1.165) is 31.3 Å². The Balaban J connectivity index is 1.85. The van der Waals surface area contributed by atoms with Crippen LogP contribution in [0.25, 0.3) is 0 Å². The van der Waals surface area contributed by atoms with Crippen molar-refractivity contribution < 1.29 is 14.6 Å². The fraction of sp³-hybridized carbons (Fsp3) is 0.696. The molecule has 1 unspecified atom stereocenters. The molecule has 0 amide bonds. The van der Waals surface area contributed by atoms with Crippen LogP contribution in [0.4, 0.5) is 0 Å². The van der Waals surface area contributed by atoms with E-state index in [1.807, 2.05) is 6.92 Å². The molecule has 0 spiro atoms. The summed E-state index contributed by atoms with van der Waals surface area (Å²) < 4.78 is 6.39. The van der Waals surface area contributed by atoms with E-state index in [1.54, 1.807) is 6.08 Å². The molecular weight excluding hydrogens is 324 g/mol. The first-order chi connectivity index (χ1) is 12.3. The highest BCUT2D eigenvalue weighted by Crippen LogP contribution is 2.63. The van der Waals surface area contributed by atoms with Gasteiger partial charge in [0.1, 0.15) is 5.60 Å². The third kappa shape index (κ3) is 2.38. The zero-order valence-corrected chi connectivity index (χ0v) is 16.4. The summed E-state index contributed by atoms with van der Waals surface area (Å²) in [6.45, 7) is 9.11. The molecule has 3 nitrogen and oxygen atoms in total. The van der Waals surface area contributed by atoms with E-state index < -0.39 is 5.60 Å². The van der Waals surface area contributed by atoms with Crippen LogP contribution in [0.5, 0.6) is 0 Å². The minimum Gasteiger partial charge on any atom is -0.377 e. The highest BCUT2D eigenvalue weighted by molar-refractivity contribution is 5.93. The van der Waals surface area contributed by atoms with Gasteiger partial charge in [-0.1, -0.05) is 26.7 Å². The molecule has 140 valence electrons. The number of hydrogen-bond acceptors (Lipinski definition) is 3. The quantitative estimate of drug-likeness (QED) is 0.728. The molecule has 0 aromatic heterocycles. The highest BCUT2D eigenvalue weighted by atomic mass is 16.5. The largest absolute Gasteiger partial charge is 0.377 e. The molecule has 2 saturated carbocycles. The molecule has 3 heteroatoms. The van der Waals surface area contributed by atoms with E-state index in [0.29, 0.717) is 30.8 Å². The van der Waals surface area contributed by atoms with Crippen molar-refractivity contribution in [3.05, 3.63) is 22.8 Å². The second-order valence-electron chi connectivity index (χ2n) is 9.15. The number of ether oxygens (including phenoxy) is 1. The Morgan fingerprint density at radius 1 is 1.35 bits per heavy atom. The van der Waals surface area contributed by atoms with Gasteiger partial charge in [0.05, 0.1) is 12.7 Å². The van der Waals surface area contributed by atoms with E-state index in [-0.39, 0.29) is 17.3 Å². The molecule has 0 bridgehead atoms. The minimum atomic E-state index is -0.919. The number of aliphatic hydroxyl groups is 1. The summed E-state index contributed by atoms with van der Waals surface area (Å²) in [6, 6.07) is 0. The molecule has 2 fully saturated rings. The number of fused-ring (bicyclic) bond motifs is 4. The van der Waals surface area contributed by atoms with Crippen LogP contribution >= 0.6 is 0 Å². The molecule has 3 aliphatic carbocycles. The van der Waals surface area contributed by atoms with Crippen molar-refractivity contribution in [3.63, 3.8) is 0 Å². The Morgan fingerprint density at radius 2 is 2.12 bits per heavy atom. The summed E-state index contributed by atoms with van der Waals surface area (Å²) in [5, 5.41) is 11.4. The van der Waals surface area contributed by atoms with E-state index >= 15 is 0 Å². The van der Waals surface area contributed by atoms with Crippen LogP contribution in [0.1, 0.15) is 59.8 Å². The lowest BCUT2D eigenvalue weighted by molar-refractivity contribution is -0.115. The van der Waals surface area contributed by atoms with Crippen LogP contribution in [0, 0.1) is 35.0 Å². The highest BCUT2D eigenvalue weighted by Gasteiger charge is 2.63. The zero-order valence-electron chi connectivity index (χ0n) is 16.4. The van der Waals surface area contributed by atoms with Crippen molar-refractivity contribution in [1.82, 2.24) is 0 Å². The normalized spacial score (nSPS) is 41.8. The smallest absolute Gasteiger partial charge is 0.156 e. The van der Waals surface area contributed by atoms with Crippen LogP contribution in [0.2, 0.25) is 0 Å². The first-order valence-electron chi connectivity index (χ1n) is 10.1. The second kappa shape index (κ2) is 6.08. The molecule has 0 aromatic rings. The summed E-state index contributed by atoms with van der Waals surface area (Å²) in [6.07, 6.45) is 5.96. The zero-order chi connectivity index (χ0) is 18.7. The second-order valence-corrected chi connectivity index (χ2v) is 9.15. The monoisotopic (exact) mass is 354 g/mol. The fourth-order valence-electron chi connectivity index (χ4n) is 6.08. The SMILES string of the molecule is CC#C[C@]1(O)CC[C@H]2[C@@H]3OCC4=CC(=O)CCC4=C3C(C(C)C)C[C@@]21C. The number of carbonyl (C=O) groups excluding carboxylic acids is 1. The molecular formula is C23H30O3. The lowest BCUT2D eigenvalue weighted by atomic mass is 9.55. The van der Waals surface area contributed by atoms with Gasteiger partial charge in [-0.15, -0.1) is 5.92 Å². The van der Waals surface area contributed by atoms with Crippen LogP contribution < -0.4 is 0 Å². The van der Waals surface area contributed by atoms with Gasteiger partial charge in [-0.25, -0.2) is 0 Å². The summed E-state index contributed by atoms with van der Waals surface area (Å²) >= 11 is 0. The summed E-state index contributed by atoms with van der Waals surface area (Å²) in [5.74, 6) is 7.49. The van der Waals surface area contributed by atoms with Gasteiger partial charge in [-0.2, -0.15) is 0 Å². The van der Waals surface area contributed by atoms with Gasteiger partial charge in [-0.05, 0) is 73.2 Å². The van der Waals surface area contributed by atoms with Gasteiger partial charge in [-0.3, -0.25) is 4.79 Å². The Kier molecular flexibility index (Phi) is 4.21. The van der Waals surface area contributed by atoms with Gasteiger partial charge in [0.15, 0.2) is 5.78 Å². The van der Waals surface area contributed by atoms with Gasteiger partial charge in [0.25, 0.3) is 0 Å². The van der Waals surface area contributed by atoms with Gasteiger partial charge >= 0.3 is 0 Å². The Labute approximate surface area is 156 Å². The van der Waals surface area contributed by atoms with Crippen molar-refractivity contribution in [3.8, 4) is 11.8 Å². The van der Waals surface area contributed by atoms with Crippen LogP contribution in [0.15, 0.2) is 22.8 Å². The maximum atomic E-state index is 11.9. The van der Waals surface area contributed by atoms with Crippen molar-refractivity contribution in [2.24, 2.45) is 23.2 Å². The Bertz CT molecular complexity index is 762. The van der Waals surface area contributed by atoms with E-state index in [4.69, 9.17) is 4.74 Å². The fourth-order valence-corrected chi connectivity index (χ4v) is 6.08. The van der Waals surface area contributed by atoms with Gasteiger partial charge in [0, 0.05) is 11.8 Å². The lowest BCUT2D eigenvalue weighted by Gasteiger charge is -2.54. The molecule has 4 rings (SSSR count). The third-order valence-electron chi connectivity index (χ3n) is 7.54. The summed E-state index contributed by atoms with van der Waals surface area (Å²) in [7, 11) is 0. The van der Waals surface area contributed by atoms with Crippen LogP contribution in [-0.2, 0) is 9.53 Å².